The largest absolute Gasteiger partial charge is 0.326 e. The van der Waals surface area contributed by atoms with Gasteiger partial charge in [0.1, 0.15) is 9.84 Å². The standard InChI is InChI=1S/C12H18N2O3S/c1-18(16,17)8-2-3-12(15)14-11-6-4-10(9-13)5-7-11/h4-7H,2-3,8-9,13H2,1H3,(H,14,15). The van der Waals surface area contributed by atoms with Crippen molar-refractivity contribution in [3.05, 3.63) is 29.8 Å². The van der Waals surface area contributed by atoms with Gasteiger partial charge in [-0.25, -0.2) is 8.42 Å². The molecule has 18 heavy (non-hydrogen) atoms. The average molecular weight is 270 g/mol. The summed E-state index contributed by atoms with van der Waals surface area (Å²) < 4.78 is 21.8. The van der Waals surface area contributed by atoms with E-state index in [4.69, 9.17) is 5.73 Å². The zero-order valence-electron chi connectivity index (χ0n) is 10.3. The van der Waals surface area contributed by atoms with Crippen molar-refractivity contribution >= 4 is 21.4 Å². The van der Waals surface area contributed by atoms with E-state index in [2.05, 4.69) is 5.32 Å². The molecule has 0 aliphatic rings. The quantitative estimate of drug-likeness (QED) is 0.804. The normalized spacial score (nSPS) is 11.2. The smallest absolute Gasteiger partial charge is 0.224 e. The lowest BCUT2D eigenvalue weighted by atomic mass is 10.2. The van der Waals surface area contributed by atoms with E-state index >= 15 is 0 Å². The Bertz CT molecular complexity index is 495. The number of carbonyl (C=O) groups excluding carboxylic acids is 1. The lowest BCUT2D eigenvalue weighted by Gasteiger charge is -2.05. The van der Waals surface area contributed by atoms with Crippen LogP contribution in [0.4, 0.5) is 5.69 Å². The number of sulfone groups is 1. The van der Waals surface area contributed by atoms with E-state index in [1.165, 1.54) is 0 Å². The summed E-state index contributed by atoms with van der Waals surface area (Å²) in [6.45, 7) is 0.461. The van der Waals surface area contributed by atoms with Crippen molar-refractivity contribution in [2.45, 2.75) is 19.4 Å². The minimum atomic E-state index is -3.00. The summed E-state index contributed by atoms with van der Waals surface area (Å²) in [5.74, 6) is -0.147. The highest BCUT2D eigenvalue weighted by atomic mass is 32.2. The van der Waals surface area contributed by atoms with Crippen LogP contribution in [0.2, 0.25) is 0 Å². The number of rotatable bonds is 6. The van der Waals surface area contributed by atoms with Crippen molar-refractivity contribution in [2.75, 3.05) is 17.3 Å². The maximum atomic E-state index is 11.5. The highest BCUT2D eigenvalue weighted by Gasteiger charge is 2.06. The average Bonchev–Trinajstić information content (AvgIpc) is 2.28. The lowest BCUT2D eigenvalue weighted by molar-refractivity contribution is -0.116. The predicted molar refractivity (Wildman–Crippen MR) is 71.9 cm³/mol. The Morgan fingerprint density at radius 2 is 1.89 bits per heavy atom. The first-order valence-corrected chi connectivity index (χ1v) is 7.73. The van der Waals surface area contributed by atoms with Crippen molar-refractivity contribution in [2.24, 2.45) is 5.73 Å². The van der Waals surface area contributed by atoms with Crippen LogP contribution in [0.3, 0.4) is 0 Å². The van der Waals surface area contributed by atoms with E-state index in [9.17, 15) is 13.2 Å². The molecule has 0 aromatic heterocycles. The van der Waals surface area contributed by atoms with Gasteiger partial charge in [0.2, 0.25) is 5.91 Å². The van der Waals surface area contributed by atoms with Crippen LogP contribution in [0.25, 0.3) is 0 Å². The Morgan fingerprint density at radius 3 is 2.39 bits per heavy atom. The number of nitrogens with one attached hydrogen (secondary N) is 1. The van der Waals surface area contributed by atoms with Gasteiger partial charge in [0.05, 0.1) is 5.75 Å². The molecule has 0 radical (unpaired) electrons. The number of benzene rings is 1. The second-order valence-electron chi connectivity index (χ2n) is 4.18. The van der Waals surface area contributed by atoms with Gasteiger partial charge >= 0.3 is 0 Å². The van der Waals surface area contributed by atoms with Crippen LogP contribution in [0.5, 0.6) is 0 Å². The molecule has 0 bridgehead atoms. The molecular weight excluding hydrogens is 252 g/mol. The fourth-order valence-electron chi connectivity index (χ4n) is 1.44. The minimum absolute atomic E-state index is 0.0343. The first kappa shape index (κ1) is 14.7. The molecule has 0 saturated heterocycles. The van der Waals surface area contributed by atoms with Gasteiger partial charge in [0, 0.05) is 24.9 Å². The third-order valence-electron chi connectivity index (χ3n) is 2.39. The Hall–Kier alpha value is -1.40. The molecular formula is C12H18N2O3S. The third-order valence-corrected chi connectivity index (χ3v) is 3.42. The molecule has 6 heteroatoms. The maximum absolute atomic E-state index is 11.5. The highest BCUT2D eigenvalue weighted by Crippen LogP contribution is 2.09. The number of amides is 1. The molecule has 0 spiro atoms. The molecule has 1 aromatic carbocycles. The zero-order chi connectivity index (χ0) is 13.6. The molecule has 3 N–H and O–H groups in total. The van der Waals surface area contributed by atoms with Crippen LogP contribution in [-0.2, 0) is 21.2 Å². The Morgan fingerprint density at radius 1 is 1.28 bits per heavy atom. The summed E-state index contributed by atoms with van der Waals surface area (Å²) in [6.07, 6.45) is 1.70. The Kier molecular flexibility index (Phi) is 5.30. The highest BCUT2D eigenvalue weighted by molar-refractivity contribution is 7.90. The summed E-state index contributed by atoms with van der Waals surface area (Å²) in [4.78, 5) is 11.5. The SMILES string of the molecule is CS(=O)(=O)CCCC(=O)Nc1ccc(CN)cc1. The number of hydrogen-bond acceptors (Lipinski definition) is 4. The second-order valence-corrected chi connectivity index (χ2v) is 6.44. The number of carbonyl (C=O) groups is 1. The fourth-order valence-corrected chi connectivity index (χ4v) is 2.11. The molecule has 0 unspecified atom stereocenters. The van der Waals surface area contributed by atoms with Crippen molar-refractivity contribution < 1.29 is 13.2 Å². The minimum Gasteiger partial charge on any atom is -0.326 e. The molecule has 0 aliphatic carbocycles. The van der Waals surface area contributed by atoms with Crippen LogP contribution in [0.1, 0.15) is 18.4 Å². The first-order chi connectivity index (χ1) is 8.40. The molecule has 0 aliphatic heterocycles. The van der Waals surface area contributed by atoms with Gasteiger partial charge in [0.25, 0.3) is 0 Å². The molecule has 1 aromatic rings. The summed E-state index contributed by atoms with van der Waals surface area (Å²) >= 11 is 0. The van der Waals surface area contributed by atoms with Gasteiger partial charge in [-0.2, -0.15) is 0 Å². The third kappa shape index (κ3) is 5.79. The van der Waals surface area contributed by atoms with Crippen LogP contribution in [0.15, 0.2) is 24.3 Å². The molecule has 5 nitrogen and oxygen atoms in total. The summed E-state index contributed by atoms with van der Waals surface area (Å²) in [6, 6.07) is 7.23. The van der Waals surface area contributed by atoms with E-state index in [0.717, 1.165) is 11.8 Å². The molecule has 100 valence electrons. The first-order valence-electron chi connectivity index (χ1n) is 5.67. The molecule has 0 atom stereocenters. The summed E-state index contributed by atoms with van der Waals surface area (Å²) in [7, 11) is -3.00. The molecule has 1 amide bonds. The van der Waals surface area contributed by atoms with Crippen molar-refractivity contribution in [1.29, 1.82) is 0 Å². The van der Waals surface area contributed by atoms with Crippen molar-refractivity contribution in [3.63, 3.8) is 0 Å². The predicted octanol–water partition coefficient (Wildman–Crippen LogP) is 0.909. The van der Waals surface area contributed by atoms with Gasteiger partial charge < -0.3 is 11.1 Å². The Balaban J connectivity index is 2.39. The van der Waals surface area contributed by atoms with Crippen LogP contribution in [0, 0.1) is 0 Å². The van der Waals surface area contributed by atoms with Gasteiger partial charge in [-0.15, -0.1) is 0 Å². The topological polar surface area (TPSA) is 89.3 Å². The number of nitrogens with two attached hydrogens (primary N) is 1. The van der Waals surface area contributed by atoms with Gasteiger partial charge in [0.15, 0.2) is 0 Å². The van der Waals surface area contributed by atoms with E-state index in [0.29, 0.717) is 18.7 Å². The molecule has 0 fully saturated rings. The maximum Gasteiger partial charge on any atom is 0.224 e. The van der Waals surface area contributed by atoms with Gasteiger partial charge in [-0.3, -0.25) is 4.79 Å². The van der Waals surface area contributed by atoms with Gasteiger partial charge in [-0.05, 0) is 24.1 Å². The van der Waals surface area contributed by atoms with E-state index in [-0.39, 0.29) is 18.1 Å². The van der Waals surface area contributed by atoms with E-state index in [1.54, 1.807) is 12.1 Å². The Labute approximate surface area is 107 Å². The molecule has 0 heterocycles. The van der Waals surface area contributed by atoms with Gasteiger partial charge in [-0.1, -0.05) is 12.1 Å². The fraction of sp³-hybridized carbons (Fsp3) is 0.417. The monoisotopic (exact) mass is 270 g/mol. The lowest BCUT2D eigenvalue weighted by Crippen LogP contribution is -2.13. The van der Waals surface area contributed by atoms with Crippen molar-refractivity contribution in [1.82, 2.24) is 0 Å². The van der Waals surface area contributed by atoms with E-state index < -0.39 is 9.84 Å². The summed E-state index contributed by atoms with van der Waals surface area (Å²) in [5, 5.41) is 2.70. The number of anilines is 1. The van der Waals surface area contributed by atoms with Crippen LogP contribution < -0.4 is 11.1 Å². The molecule has 1 rings (SSSR count). The van der Waals surface area contributed by atoms with Crippen LogP contribution in [-0.4, -0.2) is 26.3 Å². The van der Waals surface area contributed by atoms with Crippen molar-refractivity contribution in [3.8, 4) is 0 Å². The van der Waals surface area contributed by atoms with E-state index in [1.807, 2.05) is 12.1 Å². The second kappa shape index (κ2) is 6.51. The van der Waals surface area contributed by atoms with Crippen LogP contribution >= 0.6 is 0 Å². The number of hydrogen-bond donors (Lipinski definition) is 2. The molecule has 0 saturated carbocycles. The summed E-state index contributed by atoms with van der Waals surface area (Å²) in [5.41, 5.74) is 7.15. The zero-order valence-corrected chi connectivity index (χ0v) is 11.2.